The lowest BCUT2D eigenvalue weighted by atomic mass is 10.1. The minimum Gasteiger partial charge on any atom is -0.329 e. The minimum atomic E-state index is -0.510. The zero-order chi connectivity index (χ0) is 13.0. The Morgan fingerprint density at radius 3 is 2.28 bits per heavy atom. The van der Waals surface area contributed by atoms with Crippen molar-refractivity contribution in [2.75, 3.05) is 13.1 Å². The molecule has 0 saturated heterocycles. The molecule has 1 saturated carbocycles. The monoisotopic (exact) mass is 254 g/mol. The molecule has 1 aromatic rings. The first kappa shape index (κ1) is 13.4. The lowest BCUT2D eigenvalue weighted by Crippen LogP contribution is -2.36. The third-order valence-electron chi connectivity index (χ3n) is 3.57. The summed E-state index contributed by atoms with van der Waals surface area (Å²) in [5.41, 5.74) is 6.31. The summed E-state index contributed by atoms with van der Waals surface area (Å²) in [5.74, 6) is -1.02. The van der Waals surface area contributed by atoms with E-state index in [1.807, 2.05) is 0 Å². The highest BCUT2D eigenvalue weighted by molar-refractivity contribution is 5.18. The number of rotatable bonds is 5. The largest absolute Gasteiger partial charge is 0.329 e. The summed E-state index contributed by atoms with van der Waals surface area (Å²) in [6.07, 6.45) is 4.81. The predicted octanol–water partition coefficient (Wildman–Crippen LogP) is 2.67. The molecular formula is C14H20F2N2. The maximum absolute atomic E-state index is 13.2. The first-order valence-electron chi connectivity index (χ1n) is 6.58. The number of nitrogens with two attached hydrogens (primary N) is 1. The van der Waals surface area contributed by atoms with Crippen LogP contribution in [0, 0.1) is 11.6 Å². The van der Waals surface area contributed by atoms with Crippen molar-refractivity contribution in [3.8, 4) is 0 Å². The molecule has 1 aliphatic rings. The zero-order valence-electron chi connectivity index (χ0n) is 10.5. The Labute approximate surface area is 107 Å². The maximum Gasteiger partial charge on any atom is 0.126 e. The average molecular weight is 254 g/mol. The Balaban J connectivity index is 2.07. The molecule has 1 fully saturated rings. The molecule has 0 heterocycles. The molecule has 0 radical (unpaired) electrons. The molecule has 0 spiro atoms. The van der Waals surface area contributed by atoms with Gasteiger partial charge in [0.15, 0.2) is 0 Å². The molecule has 0 atom stereocenters. The van der Waals surface area contributed by atoms with Gasteiger partial charge in [-0.1, -0.05) is 12.8 Å². The fourth-order valence-corrected chi connectivity index (χ4v) is 2.76. The third kappa shape index (κ3) is 3.50. The van der Waals surface area contributed by atoms with Crippen molar-refractivity contribution in [2.24, 2.45) is 5.73 Å². The van der Waals surface area contributed by atoms with Crippen LogP contribution in [0.4, 0.5) is 8.78 Å². The van der Waals surface area contributed by atoms with Gasteiger partial charge in [0.2, 0.25) is 0 Å². The van der Waals surface area contributed by atoms with Crippen LogP contribution in [0.25, 0.3) is 0 Å². The van der Waals surface area contributed by atoms with Gasteiger partial charge in [-0.3, -0.25) is 4.90 Å². The highest BCUT2D eigenvalue weighted by atomic mass is 19.1. The second kappa shape index (κ2) is 6.25. The van der Waals surface area contributed by atoms with E-state index < -0.39 is 11.6 Å². The van der Waals surface area contributed by atoms with Crippen LogP contribution < -0.4 is 5.73 Å². The molecule has 0 bridgehead atoms. The molecule has 1 aromatic carbocycles. The van der Waals surface area contributed by atoms with Crippen molar-refractivity contribution in [2.45, 2.75) is 38.3 Å². The first-order valence-corrected chi connectivity index (χ1v) is 6.58. The number of benzene rings is 1. The maximum atomic E-state index is 13.2. The van der Waals surface area contributed by atoms with E-state index in [9.17, 15) is 8.78 Å². The fourth-order valence-electron chi connectivity index (χ4n) is 2.76. The molecule has 0 aromatic heterocycles. The van der Waals surface area contributed by atoms with Crippen LogP contribution in [-0.4, -0.2) is 24.0 Å². The van der Waals surface area contributed by atoms with Crippen molar-refractivity contribution in [1.29, 1.82) is 0 Å². The first-order chi connectivity index (χ1) is 8.69. The Kier molecular flexibility index (Phi) is 4.66. The molecule has 1 aliphatic carbocycles. The van der Waals surface area contributed by atoms with E-state index in [0.29, 0.717) is 24.7 Å². The second-order valence-corrected chi connectivity index (χ2v) is 4.98. The summed E-state index contributed by atoms with van der Waals surface area (Å²) in [5, 5.41) is 0. The average Bonchev–Trinajstić information content (AvgIpc) is 2.80. The summed E-state index contributed by atoms with van der Waals surface area (Å²) < 4.78 is 26.3. The van der Waals surface area contributed by atoms with E-state index >= 15 is 0 Å². The lowest BCUT2D eigenvalue weighted by Gasteiger charge is -2.28. The molecule has 2 rings (SSSR count). The Hall–Kier alpha value is -1.00. The topological polar surface area (TPSA) is 29.3 Å². The van der Waals surface area contributed by atoms with Gasteiger partial charge >= 0.3 is 0 Å². The molecule has 100 valence electrons. The van der Waals surface area contributed by atoms with Crippen molar-refractivity contribution >= 4 is 0 Å². The van der Waals surface area contributed by atoms with E-state index in [2.05, 4.69) is 4.90 Å². The van der Waals surface area contributed by atoms with Crippen LogP contribution in [0.5, 0.6) is 0 Å². The molecule has 2 N–H and O–H groups in total. The summed E-state index contributed by atoms with van der Waals surface area (Å²) in [6.45, 7) is 1.94. The van der Waals surface area contributed by atoms with Crippen molar-refractivity contribution in [1.82, 2.24) is 4.90 Å². The van der Waals surface area contributed by atoms with Crippen LogP contribution >= 0.6 is 0 Å². The Morgan fingerprint density at radius 1 is 1.11 bits per heavy atom. The summed E-state index contributed by atoms with van der Waals surface area (Å²) in [7, 11) is 0. The van der Waals surface area contributed by atoms with Crippen molar-refractivity contribution < 1.29 is 8.78 Å². The van der Waals surface area contributed by atoms with E-state index in [4.69, 9.17) is 5.73 Å². The highest BCUT2D eigenvalue weighted by Crippen LogP contribution is 2.24. The van der Waals surface area contributed by atoms with Crippen molar-refractivity contribution in [3.63, 3.8) is 0 Å². The number of nitrogens with zero attached hydrogens (tertiary/aromatic N) is 1. The van der Waals surface area contributed by atoms with E-state index in [1.165, 1.54) is 25.0 Å². The number of hydrogen-bond acceptors (Lipinski definition) is 2. The number of halogens is 2. The Bertz CT molecular complexity index is 369. The second-order valence-electron chi connectivity index (χ2n) is 4.98. The molecule has 18 heavy (non-hydrogen) atoms. The molecule has 4 heteroatoms. The van der Waals surface area contributed by atoms with Gasteiger partial charge in [0.1, 0.15) is 11.6 Å². The van der Waals surface area contributed by atoms with Gasteiger partial charge in [0.05, 0.1) is 0 Å². The van der Waals surface area contributed by atoms with Gasteiger partial charge in [-0.05, 0) is 30.5 Å². The van der Waals surface area contributed by atoms with Crippen LogP contribution in [0.15, 0.2) is 18.2 Å². The van der Waals surface area contributed by atoms with E-state index in [0.717, 1.165) is 25.5 Å². The molecule has 0 amide bonds. The summed E-state index contributed by atoms with van der Waals surface area (Å²) in [6, 6.07) is 4.23. The van der Waals surface area contributed by atoms with Crippen LogP contribution in [0.3, 0.4) is 0 Å². The standard InChI is InChI=1S/C14H20F2N2/c15-12-7-11(8-13(16)9-12)10-18(6-5-17)14-3-1-2-4-14/h7-9,14H,1-6,10,17H2. The summed E-state index contributed by atoms with van der Waals surface area (Å²) >= 11 is 0. The zero-order valence-corrected chi connectivity index (χ0v) is 10.5. The van der Waals surface area contributed by atoms with E-state index in [-0.39, 0.29) is 0 Å². The van der Waals surface area contributed by atoms with Gasteiger partial charge in [-0.15, -0.1) is 0 Å². The van der Waals surface area contributed by atoms with Gasteiger partial charge in [-0.25, -0.2) is 8.78 Å². The normalized spacial score (nSPS) is 16.7. The Morgan fingerprint density at radius 2 is 1.72 bits per heavy atom. The predicted molar refractivity (Wildman–Crippen MR) is 68.1 cm³/mol. The van der Waals surface area contributed by atoms with Crippen molar-refractivity contribution in [3.05, 3.63) is 35.4 Å². The molecular weight excluding hydrogens is 234 g/mol. The molecule has 0 unspecified atom stereocenters. The van der Waals surface area contributed by atoms with Gasteiger partial charge in [0, 0.05) is 31.7 Å². The van der Waals surface area contributed by atoms with Gasteiger partial charge < -0.3 is 5.73 Å². The van der Waals surface area contributed by atoms with Crippen LogP contribution in [0.1, 0.15) is 31.2 Å². The SMILES string of the molecule is NCCN(Cc1cc(F)cc(F)c1)C1CCCC1. The van der Waals surface area contributed by atoms with E-state index in [1.54, 1.807) is 0 Å². The van der Waals surface area contributed by atoms with Crippen LogP contribution in [0.2, 0.25) is 0 Å². The van der Waals surface area contributed by atoms with Gasteiger partial charge in [0.25, 0.3) is 0 Å². The van der Waals surface area contributed by atoms with Crippen LogP contribution in [-0.2, 0) is 6.54 Å². The summed E-state index contributed by atoms with van der Waals surface area (Å²) in [4.78, 5) is 2.25. The minimum absolute atomic E-state index is 0.510. The molecule has 2 nitrogen and oxygen atoms in total. The third-order valence-corrected chi connectivity index (χ3v) is 3.57. The van der Waals surface area contributed by atoms with Gasteiger partial charge in [-0.2, -0.15) is 0 Å². The lowest BCUT2D eigenvalue weighted by molar-refractivity contribution is 0.195. The number of hydrogen-bond donors (Lipinski definition) is 1. The molecule has 0 aliphatic heterocycles. The smallest absolute Gasteiger partial charge is 0.126 e. The highest BCUT2D eigenvalue weighted by Gasteiger charge is 2.22. The fraction of sp³-hybridized carbons (Fsp3) is 0.571. The quantitative estimate of drug-likeness (QED) is 0.875.